The summed E-state index contributed by atoms with van der Waals surface area (Å²) >= 11 is 4.42. The van der Waals surface area contributed by atoms with E-state index in [4.69, 9.17) is 4.74 Å². The van der Waals surface area contributed by atoms with Gasteiger partial charge in [-0.25, -0.2) is 4.79 Å². The van der Waals surface area contributed by atoms with E-state index in [9.17, 15) is 9.59 Å². The quantitative estimate of drug-likeness (QED) is 0.337. The number of hydrogen-bond acceptors (Lipinski definition) is 8. The number of ether oxygens (including phenoxy) is 1. The van der Waals surface area contributed by atoms with E-state index in [-0.39, 0.29) is 11.7 Å². The highest BCUT2D eigenvalue weighted by Gasteiger charge is 2.21. The maximum atomic E-state index is 12.6. The molecule has 0 fully saturated rings. The van der Waals surface area contributed by atoms with E-state index >= 15 is 0 Å². The molecule has 0 aliphatic rings. The predicted molar refractivity (Wildman–Crippen MR) is 127 cm³/mol. The molecule has 1 N–H and O–H groups in total. The number of amides is 1. The fraction of sp³-hybridized carbons (Fsp3) is 0.429. The number of aromatic nitrogens is 3. The van der Waals surface area contributed by atoms with Gasteiger partial charge < -0.3 is 14.6 Å². The maximum absolute atomic E-state index is 12.6. The first-order chi connectivity index (χ1) is 14.9. The Labute approximate surface area is 194 Å². The van der Waals surface area contributed by atoms with Crippen LogP contribution in [0.1, 0.15) is 45.9 Å². The molecule has 0 saturated carbocycles. The number of nitrogens with zero attached hydrogens (tertiary/aromatic N) is 3. The van der Waals surface area contributed by atoms with Crippen molar-refractivity contribution in [1.82, 2.24) is 14.8 Å². The van der Waals surface area contributed by atoms with E-state index in [2.05, 4.69) is 46.2 Å². The topological polar surface area (TPSA) is 86.1 Å². The third-order valence-electron chi connectivity index (χ3n) is 4.71. The molecule has 10 heteroatoms. The lowest BCUT2D eigenvalue weighted by Crippen LogP contribution is -2.16. The lowest BCUT2D eigenvalue weighted by Gasteiger charge is -2.10. The van der Waals surface area contributed by atoms with Crippen molar-refractivity contribution in [3.8, 4) is 11.4 Å². The molecule has 7 nitrogen and oxygen atoms in total. The van der Waals surface area contributed by atoms with E-state index in [0.29, 0.717) is 15.7 Å². The van der Waals surface area contributed by atoms with Gasteiger partial charge in [0, 0.05) is 27.2 Å². The van der Waals surface area contributed by atoms with Crippen LogP contribution in [0.3, 0.4) is 0 Å². The van der Waals surface area contributed by atoms with Crippen molar-refractivity contribution in [3.05, 3.63) is 32.3 Å². The minimum absolute atomic E-state index is 0.169. The zero-order valence-corrected chi connectivity index (χ0v) is 20.7. The minimum Gasteiger partial charge on any atom is -0.465 e. The van der Waals surface area contributed by atoms with Crippen LogP contribution in [0.25, 0.3) is 11.4 Å². The summed E-state index contributed by atoms with van der Waals surface area (Å²) in [5.74, 6) is 0.360. The normalized spacial score (nSPS) is 11.0. The number of esters is 1. The number of carbonyl (C=O) groups is 2. The Morgan fingerprint density at radius 3 is 2.71 bits per heavy atom. The smallest absolute Gasteiger partial charge is 0.340 e. The van der Waals surface area contributed by atoms with Gasteiger partial charge in [0.25, 0.3) is 0 Å². The van der Waals surface area contributed by atoms with Crippen molar-refractivity contribution in [1.29, 1.82) is 0 Å². The average molecular weight is 479 g/mol. The van der Waals surface area contributed by atoms with Crippen LogP contribution in [0.5, 0.6) is 0 Å². The Hall–Kier alpha value is -2.17. The molecular formula is C21H26N4O3S3. The second kappa shape index (κ2) is 10.4. The molecule has 0 aliphatic heterocycles. The number of methoxy groups -OCH3 is 1. The zero-order valence-electron chi connectivity index (χ0n) is 18.3. The van der Waals surface area contributed by atoms with Gasteiger partial charge in [-0.2, -0.15) is 0 Å². The van der Waals surface area contributed by atoms with Gasteiger partial charge in [0.15, 0.2) is 11.0 Å². The minimum atomic E-state index is -0.461. The highest BCUT2D eigenvalue weighted by Crippen LogP contribution is 2.33. The molecule has 3 aromatic heterocycles. The maximum Gasteiger partial charge on any atom is 0.340 e. The lowest BCUT2D eigenvalue weighted by atomic mass is 10.1. The SMILES string of the molecule is CCCn1c(SCC(=O)Nc2sc(C)cc2C(=O)OC)nnc1-c1csc(C)c1CC. The number of nitrogens with one attached hydrogen (secondary N) is 1. The van der Waals surface area contributed by atoms with E-state index in [1.54, 1.807) is 17.4 Å². The van der Waals surface area contributed by atoms with Gasteiger partial charge in [-0.05, 0) is 38.3 Å². The third kappa shape index (κ3) is 5.19. The van der Waals surface area contributed by atoms with Gasteiger partial charge in [0.2, 0.25) is 5.91 Å². The largest absolute Gasteiger partial charge is 0.465 e. The van der Waals surface area contributed by atoms with Gasteiger partial charge >= 0.3 is 5.97 Å². The van der Waals surface area contributed by atoms with Crippen molar-refractivity contribution in [2.75, 3.05) is 18.2 Å². The summed E-state index contributed by atoms with van der Waals surface area (Å²) in [6, 6.07) is 1.72. The molecule has 0 aromatic carbocycles. The van der Waals surface area contributed by atoms with Crippen LogP contribution in [0.2, 0.25) is 0 Å². The van der Waals surface area contributed by atoms with Crippen molar-refractivity contribution >= 4 is 51.3 Å². The Morgan fingerprint density at radius 2 is 2.03 bits per heavy atom. The second-order valence-electron chi connectivity index (χ2n) is 6.92. The number of thiophene rings is 2. The monoisotopic (exact) mass is 478 g/mol. The molecule has 0 atom stereocenters. The van der Waals surface area contributed by atoms with Crippen molar-refractivity contribution in [3.63, 3.8) is 0 Å². The summed E-state index contributed by atoms with van der Waals surface area (Å²) in [6.45, 7) is 9.04. The zero-order chi connectivity index (χ0) is 22.5. The number of carbonyl (C=O) groups excluding carboxylic acids is 2. The first-order valence-electron chi connectivity index (χ1n) is 10.0. The molecule has 0 unspecified atom stereocenters. The highest BCUT2D eigenvalue weighted by atomic mass is 32.2. The van der Waals surface area contributed by atoms with Crippen LogP contribution in [0.15, 0.2) is 16.6 Å². The van der Waals surface area contributed by atoms with E-state index < -0.39 is 5.97 Å². The molecule has 1 amide bonds. The van der Waals surface area contributed by atoms with E-state index in [1.165, 1.54) is 40.6 Å². The average Bonchev–Trinajstić information content (AvgIpc) is 3.42. The van der Waals surface area contributed by atoms with Gasteiger partial charge in [0.05, 0.1) is 18.4 Å². The summed E-state index contributed by atoms with van der Waals surface area (Å²) in [7, 11) is 1.33. The molecule has 0 spiro atoms. The van der Waals surface area contributed by atoms with Gasteiger partial charge in [-0.1, -0.05) is 25.6 Å². The molecule has 0 saturated heterocycles. The van der Waals surface area contributed by atoms with E-state index in [0.717, 1.165) is 35.7 Å². The first kappa shape index (κ1) is 23.5. The van der Waals surface area contributed by atoms with E-state index in [1.807, 2.05) is 6.92 Å². The van der Waals surface area contributed by atoms with Gasteiger partial charge in [-0.15, -0.1) is 32.9 Å². The molecule has 0 bridgehead atoms. The number of hydrogen-bond donors (Lipinski definition) is 1. The molecule has 166 valence electrons. The highest BCUT2D eigenvalue weighted by molar-refractivity contribution is 7.99. The molecule has 3 rings (SSSR count). The molecule has 31 heavy (non-hydrogen) atoms. The predicted octanol–water partition coefficient (Wildman–Crippen LogP) is 5.17. The molecule has 3 heterocycles. The van der Waals surface area contributed by atoms with Crippen LogP contribution in [0, 0.1) is 13.8 Å². The first-order valence-corrected chi connectivity index (χ1v) is 12.7. The van der Waals surface area contributed by atoms with Crippen molar-refractivity contribution in [2.24, 2.45) is 0 Å². The number of rotatable bonds is 9. The number of aryl methyl sites for hydroxylation is 2. The van der Waals surface area contributed by atoms with Crippen LogP contribution in [0.4, 0.5) is 5.00 Å². The Bertz CT molecular complexity index is 1080. The van der Waals surface area contributed by atoms with Crippen LogP contribution in [-0.2, 0) is 22.5 Å². The number of thioether (sulfide) groups is 1. The van der Waals surface area contributed by atoms with Crippen LogP contribution < -0.4 is 5.32 Å². The summed E-state index contributed by atoms with van der Waals surface area (Å²) < 4.78 is 6.89. The van der Waals surface area contributed by atoms with Crippen molar-refractivity contribution in [2.45, 2.75) is 52.2 Å². The van der Waals surface area contributed by atoms with Crippen LogP contribution in [-0.4, -0.2) is 39.5 Å². The third-order valence-corrected chi connectivity index (χ3v) is 7.59. The molecular weight excluding hydrogens is 452 g/mol. The summed E-state index contributed by atoms with van der Waals surface area (Å²) in [5, 5.41) is 15.0. The van der Waals surface area contributed by atoms with Crippen molar-refractivity contribution < 1.29 is 14.3 Å². The summed E-state index contributed by atoms with van der Waals surface area (Å²) in [4.78, 5) is 26.7. The Balaban J connectivity index is 1.76. The standard InChI is InChI=1S/C21H26N4O3S3/c1-6-8-25-18(16-10-29-13(4)14(16)7-2)23-24-21(25)30-11-17(26)22-19-15(20(27)28-5)9-12(3)31-19/h9-10H,6-8,11H2,1-5H3,(H,22,26). The Morgan fingerprint density at radius 1 is 1.26 bits per heavy atom. The van der Waals surface area contributed by atoms with Crippen LogP contribution >= 0.6 is 34.4 Å². The fourth-order valence-electron chi connectivity index (χ4n) is 3.29. The Kier molecular flexibility index (Phi) is 7.90. The summed E-state index contributed by atoms with van der Waals surface area (Å²) in [6.07, 6.45) is 1.88. The molecule has 3 aromatic rings. The van der Waals surface area contributed by atoms with Gasteiger partial charge in [-0.3, -0.25) is 4.79 Å². The number of anilines is 1. The molecule has 0 aliphatic carbocycles. The summed E-state index contributed by atoms with van der Waals surface area (Å²) in [5.41, 5.74) is 2.80. The molecule has 0 radical (unpaired) electrons. The van der Waals surface area contributed by atoms with Gasteiger partial charge in [0.1, 0.15) is 5.00 Å². The fourth-order valence-corrected chi connectivity index (χ4v) is 5.91. The second-order valence-corrected chi connectivity index (χ2v) is 10.2. The lowest BCUT2D eigenvalue weighted by molar-refractivity contribution is -0.113.